The molecule has 1 aliphatic heterocycles. The molecule has 0 saturated carbocycles. The number of nitrogens with two attached hydrogens (primary N) is 1. The molecule has 1 saturated heterocycles. The van der Waals surface area contributed by atoms with Crippen molar-refractivity contribution in [2.75, 3.05) is 13.1 Å². The second-order valence-corrected chi connectivity index (χ2v) is 4.85. The van der Waals surface area contributed by atoms with Crippen LogP contribution >= 0.6 is 0 Å². The zero-order chi connectivity index (χ0) is 11.5. The molecule has 1 heterocycles. The minimum atomic E-state index is 0.299. The predicted molar refractivity (Wildman–Crippen MR) is 68.4 cm³/mol. The fourth-order valence-electron chi connectivity index (χ4n) is 2.73. The number of aryl methyl sites for hydroxylation is 1. The van der Waals surface area contributed by atoms with Crippen LogP contribution in [-0.4, -0.2) is 24.0 Å². The maximum atomic E-state index is 6.24. The second-order valence-electron chi connectivity index (χ2n) is 4.85. The molecule has 2 N–H and O–H groups in total. The van der Waals surface area contributed by atoms with Gasteiger partial charge in [0.2, 0.25) is 0 Å². The lowest BCUT2D eigenvalue weighted by Gasteiger charge is -2.27. The first-order valence-electron chi connectivity index (χ1n) is 6.28. The lowest BCUT2D eigenvalue weighted by Crippen LogP contribution is -2.32. The van der Waals surface area contributed by atoms with E-state index in [1.807, 2.05) is 0 Å². The first-order chi connectivity index (χ1) is 7.72. The van der Waals surface area contributed by atoms with Gasteiger partial charge in [-0.2, -0.15) is 0 Å². The zero-order valence-electron chi connectivity index (χ0n) is 10.3. The quantitative estimate of drug-likeness (QED) is 0.844. The van der Waals surface area contributed by atoms with Crippen molar-refractivity contribution >= 4 is 0 Å². The highest BCUT2D eigenvalue weighted by atomic mass is 15.2. The van der Waals surface area contributed by atoms with Crippen LogP contribution in [0.1, 0.15) is 36.9 Å². The SMILES string of the molecule is CCCN1CC[C@@H](N)[C@@H]1c1cccc(C)c1. The summed E-state index contributed by atoms with van der Waals surface area (Å²) in [6.07, 6.45) is 2.33. The fraction of sp³-hybridized carbons (Fsp3) is 0.571. The van der Waals surface area contributed by atoms with Gasteiger partial charge in [-0.15, -0.1) is 0 Å². The van der Waals surface area contributed by atoms with Crippen molar-refractivity contribution in [3.8, 4) is 0 Å². The monoisotopic (exact) mass is 218 g/mol. The Morgan fingerprint density at radius 3 is 2.94 bits per heavy atom. The van der Waals surface area contributed by atoms with Crippen molar-refractivity contribution in [2.45, 2.75) is 38.8 Å². The first kappa shape index (κ1) is 11.6. The van der Waals surface area contributed by atoms with Gasteiger partial charge in [-0.3, -0.25) is 4.90 Å². The summed E-state index contributed by atoms with van der Waals surface area (Å²) in [7, 11) is 0. The van der Waals surface area contributed by atoms with E-state index in [0.29, 0.717) is 12.1 Å². The fourth-order valence-corrected chi connectivity index (χ4v) is 2.73. The third-order valence-electron chi connectivity index (χ3n) is 3.44. The van der Waals surface area contributed by atoms with E-state index in [0.717, 1.165) is 19.5 Å². The lowest BCUT2D eigenvalue weighted by atomic mass is 9.99. The van der Waals surface area contributed by atoms with Gasteiger partial charge < -0.3 is 5.73 Å². The Balaban J connectivity index is 2.22. The molecule has 1 aromatic rings. The molecular formula is C14H22N2. The van der Waals surface area contributed by atoms with Crippen LogP contribution in [0.3, 0.4) is 0 Å². The van der Waals surface area contributed by atoms with E-state index in [2.05, 4.69) is 43.0 Å². The molecule has 2 nitrogen and oxygen atoms in total. The van der Waals surface area contributed by atoms with Gasteiger partial charge in [0, 0.05) is 18.6 Å². The van der Waals surface area contributed by atoms with Crippen LogP contribution in [0.25, 0.3) is 0 Å². The molecule has 16 heavy (non-hydrogen) atoms. The van der Waals surface area contributed by atoms with Gasteiger partial charge in [0.1, 0.15) is 0 Å². The highest BCUT2D eigenvalue weighted by Crippen LogP contribution is 2.31. The van der Waals surface area contributed by atoms with Crippen molar-refractivity contribution in [2.24, 2.45) is 5.73 Å². The van der Waals surface area contributed by atoms with Crippen LogP contribution in [-0.2, 0) is 0 Å². The van der Waals surface area contributed by atoms with Gasteiger partial charge in [0.25, 0.3) is 0 Å². The lowest BCUT2D eigenvalue weighted by molar-refractivity contribution is 0.248. The number of hydrogen-bond donors (Lipinski definition) is 1. The molecular weight excluding hydrogens is 196 g/mol. The molecule has 0 radical (unpaired) electrons. The smallest absolute Gasteiger partial charge is 0.0499 e. The number of likely N-dealkylation sites (tertiary alicyclic amines) is 1. The summed E-state index contributed by atoms with van der Waals surface area (Å²) in [5.41, 5.74) is 8.95. The number of nitrogens with zero attached hydrogens (tertiary/aromatic N) is 1. The minimum absolute atomic E-state index is 0.299. The third kappa shape index (κ3) is 2.28. The second kappa shape index (κ2) is 4.98. The van der Waals surface area contributed by atoms with Gasteiger partial charge in [0.15, 0.2) is 0 Å². The molecule has 0 spiro atoms. The zero-order valence-corrected chi connectivity index (χ0v) is 10.3. The van der Waals surface area contributed by atoms with Crippen molar-refractivity contribution in [1.29, 1.82) is 0 Å². The van der Waals surface area contributed by atoms with Gasteiger partial charge in [0.05, 0.1) is 0 Å². The maximum Gasteiger partial charge on any atom is 0.0499 e. The van der Waals surface area contributed by atoms with Gasteiger partial charge >= 0.3 is 0 Å². The molecule has 0 aromatic heterocycles. The Bertz CT molecular complexity index is 346. The Hall–Kier alpha value is -0.860. The highest BCUT2D eigenvalue weighted by Gasteiger charge is 2.31. The summed E-state index contributed by atoms with van der Waals surface area (Å²) in [5, 5.41) is 0. The predicted octanol–water partition coefficient (Wildman–Crippen LogP) is 2.48. The number of hydrogen-bond acceptors (Lipinski definition) is 2. The van der Waals surface area contributed by atoms with E-state index < -0.39 is 0 Å². The van der Waals surface area contributed by atoms with Crippen molar-refractivity contribution in [1.82, 2.24) is 4.90 Å². The Morgan fingerprint density at radius 1 is 1.44 bits per heavy atom. The summed E-state index contributed by atoms with van der Waals surface area (Å²) in [6.45, 7) is 6.69. The first-order valence-corrected chi connectivity index (χ1v) is 6.28. The van der Waals surface area contributed by atoms with E-state index in [4.69, 9.17) is 5.73 Å². The van der Waals surface area contributed by atoms with Crippen molar-refractivity contribution in [3.05, 3.63) is 35.4 Å². The molecule has 2 atom stereocenters. The van der Waals surface area contributed by atoms with E-state index in [9.17, 15) is 0 Å². The Morgan fingerprint density at radius 2 is 2.25 bits per heavy atom. The van der Waals surface area contributed by atoms with Gasteiger partial charge in [-0.05, 0) is 31.9 Å². The van der Waals surface area contributed by atoms with E-state index in [1.54, 1.807) is 0 Å². The van der Waals surface area contributed by atoms with Crippen LogP contribution in [0.4, 0.5) is 0 Å². The van der Waals surface area contributed by atoms with Crippen LogP contribution in [0.5, 0.6) is 0 Å². The van der Waals surface area contributed by atoms with Crippen LogP contribution < -0.4 is 5.73 Å². The average molecular weight is 218 g/mol. The number of rotatable bonds is 3. The highest BCUT2D eigenvalue weighted by molar-refractivity contribution is 5.27. The molecule has 88 valence electrons. The van der Waals surface area contributed by atoms with E-state index in [-0.39, 0.29) is 0 Å². The Kier molecular flexibility index (Phi) is 3.62. The largest absolute Gasteiger partial charge is 0.326 e. The molecule has 0 unspecified atom stereocenters. The normalized spacial score (nSPS) is 26.2. The summed E-state index contributed by atoms with van der Waals surface area (Å²) in [4.78, 5) is 2.53. The summed E-state index contributed by atoms with van der Waals surface area (Å²) >= 11 is 0. The average Bonchev–Trinajstić information content (AvgIpc) is 2.60. The molecule has 2 heteroatoms. The minimum Gasteiger partial charge on any atom is -0.326 e. The molecule has 1 fully saturated rings. The van der Waals surface area contributed by atoms with Crippen molar-refractivity contribution < 1.29 is 0 Å². The van der Waals surface area contributed by atoms with E-state index >= 15 is 0 Å². The van der Waals surface area contributed by atoms with Crippen LogP contribution in [0.2, 0.25) is 0 Å². The number of benzene rings is 1. The Labute approximate surface area is 98.4 Å². The molecule has 2 rings (SSSR count). The summed E-state index contributed by atoms with van der Waals surface area (Å²) in [6, 6.07) is 9.51. The molecule has 0 bridgehead atoms. The standard InChI is InChI=1S/C14H22N2/c1-3-8-16-9-7-13(15)14(16)12-6-4-5-11(2)10-12/h4-6,10,13-14H,3,7-9,15H2,1-2H3/t13-,14+/m1/s1. The third-order valence-corrected chi connectivity index (χ3v) is 3.44. The topological polar surface area (TPSA) is 29.3 Å². The summed E-state index contributed by atoms with van der Waals surface area (Å²) in [5.74, 6) is 0. The molecule has 1 aliphatic rings. The van der Waals surface area contributed by atoms with Crippen molar-refractivity contribution in [3.63, 3.8) is 0 Å². The molecule has 0 aliphatic carbocycles. The van der Waals surface area contributed by atoms with Crippen LogP contribution in [0, 0.1) is 6.92 Å². The molecule has 0 amide bonds. The summed E-state index contributed by atoms with van der Waals surface area (Å²) < 4.78 is 0. The molecule has 1 aromatic carbocycles. The van der Waals surface area contributed by atoms with Gasteiger partial charge in [-0.1, -0.05) is 36.8 Å². The van der Waals surface area contributed by atoms with Crippen LogP contribution in [0.15, 0.2) is 24.3 Å². The van der Waals surface area contributed by atoms with E-state index in [1.165, 1.54) is 17.5 Å². The van der Waals surface area contributed by atoms with Gasteiger partial charge in [-0.25, -0.2) is 0 Å². The maximum absolute atomic E-state index is 6.24.